The Kier molecular flexibility index (Phi) is 6.90. The van der Waals surface area contributed by atoms with E-state index >= 15 is 0 Å². The standard InChI is InChI=1S/C12H20N2O4S/c1-3-4-7-19-11-9(2)10(16)13-12(17)14(11)8-18-6-5-15/h15H,3-8H2,1-2H3,(H,13,16,17). The van der Waals surface area contributed by atoms with Crippen molar-refractivity contribution in [3.63, 3.8) is 0 Å². The number of rotatable bonds is 8. The third-order valence-electron chi connectivity index (χ3n) is 2.56. The molecule has 0 unspecified atom stereocenters. The fourth-order valence-electron chi connectivity index (χ4n) is 1.49. The van der Waals surface area contributed by atoms with Crippen LogP contribution in [0, 0.1) is 6.92 Å². The lowest BCUT2D eigenvalue weighted by Crippen LogP contribution is -2.33. The number of H-pyrrole nitrogens is 1. The van der Waals surface area contributed by atoms with E-state index in [4.69, 9.17) is 9.84 Å². The maximum atomic E-state index is 11.8. The number of aromatic amines is 1. The first-order chi connectivity index (χ1) is 9.11. The van der Waals surface area contributed by atoms with Gasteiger partial charge in [0.1, 0.15) is 6.73 Å². The number of nitrogens with one attached hydrogen (secondary N) is 1. The second-order valence-electron chi connectivity index (χ2n) is 4.08. The minimum absolute atomic E-state index is 0.0332. The smallest absolute Gasteiger partial charge is 0.331 e. The van der Waals surface area contributed by atoms with Crippen LogP contribution in [0.2, 0.25) is 0 Å². The van der Waals surface area contributed by atoms with Gasteiger partial charge in [-0.1, -0.05) is 13.3 Å². The van der Waals surface area contributed by atoms with Gasteiger partial charge in [-0.25, -0.2) is 4.79 Å². The van der Waals surface area contributed by atoms with Crippen LogP contribution in [0.5, 0.6) is 0 Å². The summed E-state index contributed by atoms with van der Waals surface area (Å²) in [7, 11) is 0. The lowest BCUT2D eigenvalue weighted by molar-refractivity contribution is 0.0411. The molecule has 0 aliphatic rings. The largest absolute Gasteiger partial charge is 0.394 e. The van der Waals surface area contributed by atoms with Crippen molar-refractivity contribution in [3.8, 4) is 0 Å². The summed E-state index contributed by atoms with van der Waals surface area (Å²) in [6.45, 7) is 3.86. The van der Waals surface area contributed by atoms with Crippen LogP contribution < -0.4 is 11.2 Å². The van der Waals surface area contributed by atoms with Gasteiger partial charge in [0, 0.05) is 5.56 Å². The number of aromatic nitrogens is 2. The Morgan fingerprint density at radius 2 is 2.16 bits per heavy atom. The topological polar surface area (TPSA) is 84.3 Å². The molecule has 7 heteroatoms. The van der Waals surface area contributed by atoms with E-state index in [1.165, 1.54) is 16.3 Å². The minimum Gasteiger partial charge on any atom is -0.394 e. The molecule has 0 saturated heterocycles. The molecule has 0 aliphatic carbocycles. The highest BCUT2D eigenvalue weighted by molar-refractivity contribution is 7.99. The fourth-order valence-corrected chi connectivity index (χ4v) is 2.71. The Hall–Kier alpha value is -1.05. The van der Waals surface area contributed by atoms with Gasteiger partial charge in [0.2, 0.25) is 0 Å². The average molecular weight is 288 g/mol. The normalized spacial score (nSPS) is 10.9. The summed E-state index contributed by atoms with van der Waals surface area (Å²) in [6.07, 6.45) is 2.07. The van der Waals surface area contributed by atoms with Crippen molar-refractivity contribution in [3.05, 3.63) is 26.4 Å². The molecule has 1 aromatic heterocycles. The van der Waals surface area contributed by atoms with E-state index in [0.29, 0.717) is 10.6 Å². The maximum Gasteiger partial charge on any atom is 0.331 e. The number of ether oxygens (including phenoxy) is 1. The SMILES string of the molecule is CCCCSc1c(C)c(=O)[nH]c(=O)n1COCCO. The van der Waals surface area contributed by atoms with Crippen LogP contribution in [0.1, 0.15) is 25.3 Å². The van der Waals surface area contributed by atoms with Crippen molar-refractivity contribution < 1.29 is 9.84 Å². The van der Waals surface area contributed by atoms with E-state index in [2.05, 4.69) is 11.9 Å². The van der Waals surface area contributed by atoms with E-state index in [9.17, 15) is 9.59 Å². The van der Waals surface area contributed by atoms with Crippen molar-refractivity contribution >= 4 is 11.8 Å². The molecule has 0 aromatic carbocycles. The van der Waals surface area contributed by atoms with Gasteiger partial charge in [0.05, 0.1) is 18.2 Å². The van der Waals surface area contributed by atoms with Gasteiger partial charge >= 0.3 is 5.69 Å². The van der Waals surface area contributed by atoms with Gasteiger partial charge < -0.3 is 9.84 Å². The zero-order valence-corrected chi connectivity index (χ0v) is 12.1. The second kappa shape index (κ2) is 8.19. The molecule has 1 aromatic rings. The lowest BCUT2D eigenvalue weighted by atomic mass is 10.4. The number of unbranched alkanes of at least 4 members (excludes halogenated alkanes) is 1. The fraction of sp³-hybridized carbons (Fsp3) is 0.667. The summed E-state index contributed by atoms with van der Waals surface area (Å²) >= 11 is 1.49. The molecule has 6 nitrogen and oxygen atoms in total. The number of aliphatic hydroxyl groups excluding tert-OH is 1. The highest BCUT2D eigenvalue weighted by Crippen LogP contribution is 2.19. The molecule has 0 fully saturated rings. The monoisotopic (exact) mass is 288 g/mol. The molecule has 0 spiro atoms. The van der Waals surface area contributed by atoms with Gasteiger partial charge in [-0.05, 0) is 19.1 Å². The number of aliphatic hydroxyl groups is 1. The average Bonchev–Trinajstić information content (AvgIpc) is 2.38. The van der Waals surface area contributed by atoms with Crippen molar-refractivity contribution in [1.29, 1.82) is 0 Å². The molecular weight excluding hydrogens is 268 g/mol. The van der Waals surface area contributed by atoms with Gasteiger partial charge in [0.25, 0.3) is 5.56 Å². The minimum atomic E-state index is -0.479. The Morgan fingerprint density at radius 1 is 1.42 bits per heavy atom. The van der Waals surface area contributed by atoms with Crippen LogP contribution >= 0.6 is 11.8 Å². The first-order valence-corrected chi connectivity index (χ1v) is 7.25. The summed E-state index contributed by atoms with van der Waals surface area (Å²) in [5.74, 6) is 0.847. The molecule has 108 valence electrons. The molecule has 1 rings (SSSR count). The number of hydrogen-bond acceptors (Lipinski definition) is 5. The molecule has 0 amide bonds. The van der Waals surface area contributed by atoms with Crippen LogP contribution in [0.4, 0.5) is 0 Å². The molecule has 0 aliphatic heterocycles. The number of hydrogen-bond donors (Lipinski definition) is 2. The Labute approximate surface area is 115 Å². The molecule has 19 heavy (non-hydrogen) atoms. The molecule has 0 atom stereocenters. The molecule has 0 saturated carbocycles. The van der Waals surface area contributed by atoms with Crippen LogP contribution in [-0.2, 0) is 11.5 Å². The highest BCUT2D eigenvalue weighted by atomic mass is 32.2. The zero-order valence-electron chi connectivity index (χ0n) is 11.3. The Morgan fingerprint density at radius 3 is 2.79 bits per heavy atom. The van der Waals surface area contributed by atoms with E-state index < -0.39 is 5.69 Å². The summed E-state index contributed by atoms with van der Waals surface area (Å²) in [5.41, 5.74) is -0.316. The first-order valence-electron chi connectivity index (χ1n) is 6.27. The first kappa shape index (κ1) is 16.0. The summed E-state index contributed by atoms with van der Waals surface area (Å²) in [5, 5.41) is 9.32. The zero-order chi connectivity index (χ0) is 14.3. The van der Waals surface area contributed by atoms with E-state index in [0.717, 1.165) is 18.6 Å². The van der Waals surface area contributed by atoms with Gasteiger partial charge in [-0.15, -0.1) is 11.8 Å². The lowest BCUT2D eigenvalue weighted by Gasteiger charge is -2.13. The van der Waals surface area contributed by atoms with Crippen molar-refractivity contribution in [2.24, 2.45) is 0 Å². The molecule has 1 heterocycles. The molecular formula is C12H20N2O4S. The third kappa shape index (κ3) is 4.52. The van der Waals surface area contributed by atoms with Gasteiger partial charge in [0.15, 0.2) is 0 Å². The Balaban J connectivity index is 3.00. The number of nitrogens with zero attached hydrogens (tertiary/aromatic N) is 1. The Bertz CT molecular complexity index is 509. The van der Waals surface area contributed by atoms with Gasteiger partial charge in [-0.2, -0.15) is 0 Å². The van der Waals surface area contributed by atoms with E-state index in [1.807, 2.05) is 0 Å². The van der Waals surface area contributed by atoms with Gasteiger partial charge in [-0.3, -0.25) is 14.3 Å². The predicted octanol–water partition coefficient (Wildman–Crippen LogP) is 0.704. The van der Waals surface area contributed by atoms with Crippen LogP contribution in [-0.4, -0.2) is 33.6 Å². The maximum absolute atomic E-state index is 11.8. The van der Waals surface area contributed by atoms with E-state index in [-0.39, 0.29) is 25.5 Å². The quantitative estimate of drug-likeness (QED) is 0.418. The number of thioether (sulfide) groups is 1. The summed E-state index contributed by atoms with van der Waals surface area (Å²) < 4.78 is 6.56. The molecule has 0 radical (unpaired) electrons. The predicted molar refractivity (Wildman–Crippen MR) is 74.7 cm³/mol. The highest BCUT2D eigenvalue weighted by Gasteiger charge is 2.11. The second-order valence-corrected chi connectivity index (χ2v) is 5.16. The van der Waals surface area contributed by atoms with Crippen LogP contribution in [0.25, 0.3) is 0 Å². The molecule has 2 N–H and O–H groups in total. The third-order valence-corrected chi connectivity index (χ3v) is 3.86. The van der Waals surface area contributed by atoms with Crippen molar-refractivity contribution in [2.75, 3.05) is 19.0 Å². The summed E-state index contributed by atoms with van der Waals surface area (Å²) in [4.78, 5) is 25.7. The van der Waals surface area contributed by atoms with Crippen LogP contribution in [0.3, 0.4) is 0 Å². The van der Waals surface area contributed by atoms with Crippen molar-refractivity contribution in [2.45, 2.75) is 38.4 Å². The van der Waals surface area contributed by atoms with E-state index in [1.54, 1.807) is 6.92 Å². The molecule has 0 bridgehead atoms. The van der Waals surface area contributed by atoms with Crippen molar-refractivity contribution in [1.82, 2.24) is 9.55 Å². The summed E-state index contributed by atoms with van der Waals surface area (Å²) in [6, 6.07) is 0. The van der Waals surface area contributed by atoms with Crippen LogP contribution in [0.15, 0.2) is 14.6 Å².